The molecule has 0 atom stereocenters. The van der Waals surface area contributed by atoms with Crippen LogP contribution in [0.4, 0.5) is 0 Å². The van der Waals surface area contributed by atoms with E-state index < -0.39 is 5.66 Å². The van der Waals surface area contributed by atoms with Gasteiger partial charge in [0.15, 0.2) is 5.66 Å². The molecule has 0 aliphatic heterocycles. The first-order valence-corrected chi connectivity index (χ1v) is 4.72. The van der Waals surface area contributed by atoms with Crippen molar-refractivity contribution < 1.29 is 9.59 Å². The van der Waals surface area contributed by atoms with E-state index in [4.69, 9.17) is 0 Å². The molecule has 1 saturated carbocycles. The molecule has 4 heteroatoms. The van der Waals surface area contributed by atoms with Gasteiger partial charge in [0.1, 0.15) is 0 Å². The lowest BCUT2D eigenvalue weighted by atomic mass is 9.73. The number of aliphatic imine (C=N–C) groups is 2. The Labute approximate surface area is 83.1 Å². The molecule has 0 aromatic rings. The Hall–Kier alpha value is -1.24. The summed E-state index contributed by atoms with van der Waals surface area (Å²) in [5.74, 6) is 0. The van der Waals surface area contributed by atoms with Crippen LogP contribution in [0, 0.1) is 5.41 Å². The van der Waals surface area contributed by atoms with Crippen molar-refractivity contribution in [3.63, 3.8) is 0 Å². The minimum atomic E-state index is -0.862. The first kappa shape index (κ1) is 10.8. The molecule has 0 radical (unpaired) electrons. The number of isocyanates is 2. The fourth-order valence-electron chi connectivity index (χ4n) is 1.75. The molecule has 0 heterocycles. The van der Waals surface area contributed by atoms with Gasteiger partial charge in [-0.25, -0.2) is 9.59 Å². The van der Waals surface area contributed by atoms with Crippen molar-refractivity contribution >= 4 is 12.2 Å². The SMILES string of the molecule is CC1(C)CCC(N=C=O)(N=C=O)CC1. The van der Waals surface area contributed by atoms with E-state index in [9.17, 15) is 9.59 Å². The van der Waals surface area contributed by atoms with Crippen molar-refractivity contribution in [3.05, 3.63) is 0 Å². The molecule has 0 N–H and O–H groups in total. The van der Waals surface area contributed by atoms with Crippen LogP contribution in [0.2, 0.25) is 0 Å². The smallest absolute Gasteiger partial charge is 0.211 e. The van der Waals surface area contributed by atoms with Crippen molar-refractivity contribution in [3.8, 4) is 0 Å². The summed E-state index contributed by atoms with van der Waals surface area (Å²) in [5, 5.41) is 0. The van der Waals surface area contributed by atoms with Gasteiger partial charge in [0.25, 0.3) is 0 Å². The van der Waals surface area contributed by atoms with Gasteiger partial charge in [-0.1, -0.05) is 13.8 Å². The third-order valence-corrected chi connectivity index (χ3v) is 2.91. The minimum absolute atomic E-state index is 0.250. The molecule has 0 aromatic heterocycles. The van der Waals surface area contributed by atoms with Crippen LogP contribution in [0.1, 0.15) is 39.5 Å². The van der Waals surface area contributed by atoms with E-state index in [-0.39, 0.29) is 5.41 Å². The van der Waals surface area contributed by atoms with Crippen molar-refractivity contribution in [1.82, 2.24) is 0 Å². The Bertz CT molecular complexity index is 280. The zero-order valence-electron chi connectivity index (χ0n) is 8.54. The summed E-state index contributed by atoms with van der Waals surface area (Å²) < 4.78 is 0. The molecule has 1 aliphatic carbocycles. The first-order valence-electron chi connectivity index (χ1n) is 4.72. The van der Waals surface area contributed by atoms with Crippen LogP contribution in [0.5, 0.6) is 0 Å². The Kier molecular flexibility index (Phi) is 3.00. The van der Waals surface area contributed by atoms with E-state index in [1.54, 1.807) is 0 Å². The monoisotopic (exact) mass is 194 g/mol. The van der Waals surface area contributed by atoms with Gasteiger partial charge in [-0.2, -0.15) is 9.98 Å². The van der Waals surface area contributed by atoms with Crippen LogP contribution in [-0.4, -0.2) is 17.8 Å². The van der Waals surface area contributed by atoms with Gasteiger partial charge < -0.3 is 0 Å². The van der Waals surface area contributed by atoms with Crippen LogP contribution in [0.15, 0.2) is 9.98 Å². The van der Waals surface area contributed by atoms with Gasteiger partial charge in [-0.05, 0) is 31.1 Å². The Morgan fingerprint density at radius 2 is 1.36 bits per heavy atom. The molecule has 1 fully saturated rings. The summed E-state index contributed by atoms with van der Waals surface area (Å²) in [6.07, 6.45) is 6.06. The fourth-order valence-corrected chi connectivity index (χ4v) is 1.75. The number of carbonyl (C=O) groups excluding carboxylic acids is 2. The molecule has 0 saturated heterocycles. The average molecular weight is 194 g/mol. The zero-order valence-corrected chi connectivity index (χ0v) is 8.54. The first-order chi connectivity index (χ1) is 6.54. The molecule has 0 spiro atoms. The van der Waals surface area contributed by atoms with E-state index in [1.165, 1.54) is 12.2 Å². The van der Waals surface area contributed by atoms with Crippen LogP contribution in [-0.2, 0) is 9.59 Å². The second-order valence-electron chi connectivity index (χ2n) is 4.55. The summed E-state index contributed by atoms with van der Waals surface area (Å²) in [5.41, 5.74) is -0.612. The minimum Gasteiger partial charge on any atom is -0.211 e. The molecule has 0 amide bonds. The van der Waals surface area contributed by atoms with Crippen LogP contribution >= 0.6 is 0 Å². The second-order valence-corrected chi connectivity index (χ2v) is 4.55. The number of hydrogen-bond donors (Lipinski definition) is 0. The van der Waals surface area contributed by atoms with Crippen LogP contribution in [0.3, 0.4) is 0 Å². The number of hydrogen-bond acceptors (Lipinski definition) is 4. The highest BCUT2D eigenvalue weighted by molar-refractivity contribution is 5.39. The topological polar surface area (TPSA) is 58.9 Å². The largest absolute Gasteiger partial charge is 0.237 e. The summed E-state index contributed by atoms with van der Waals surface area (Å²) >= 11 is 0. The summed E-state index contributed by atoms with van der Waals surface area (Å²) in [7, 11) is 0. The molecule has 1 rings (SSSR count). The molecular weight excluding hydrogens is 180 g/mol. The Balaban J connectivity index is 2.84. The van der Waals surface area contributed by atoms with E-state index >= 15 is 0 Å². The molecule has 76 valence electrons. The van der Waals surface area contributed by atoms with Crippen molar-refractivity contribution in [2.75, 3.05) is 0 Å². The lowest BCUT2D eigenvalue weighted by Gasteiger charge is -2.36. The maximum absolute atomic E-state index is 10.2. The predicted molar refractivity (Wildman–Crippen MR) is 51.2 cm³/mol. The quantitative estimate of drug-likeness (QED) is 0.498. The summed E-state index contributed by atoms with van der Waals surface area (Å²) in [4.78, 5) is 27.7. The molecule has 14 heavy (non-hydrogen) atoms. The normalized spacial score (nSPS) is 23.0. The van der Waals surface area contributed by atoms with Crippen molar-refractivity contribution in [1.29, 1.82) is 0 Å². The Morgan fingerprint density at radius 3 is 1.71 bits per heavy atom. The third kappa shape index (κ3) is 2.38. The summed E-state index contributed by atoms with van der Waals surface area (Å²) in [6.45, 7) is 4.32. The highest BCUT2D eigenvalue weighted by Crippen LogP contribution is 2.42. The van der Waals surface area contributed by atoms with Gasteiger partial charge in [0.2, 0.25) is 12.2 Å². The molecule has 1 aliphatic rings. The van der Waals surface area contributed by atoms with Crippen molar-refractivity contribution in [2.45, 2.75) is 45.2 Å². The van der Waals surface area contributed by atoms with Gasteiger partial charge in [0, 0.05) is 0 Å². The summed E-state index contributed by atoms with van der Waals surface area (Å²) in [6, 6.07) is 0. The molecular formula is C10H14N2O2. The van der Waals surface area contributed by atoms with E-state index in [0.717, 1.165) is 12.8 Å². The van der Waals surface area contributed by atoms with Crippen molar-refractivity contribution in [2.24, 2.45) is 15.4 Å². The van der Waals surface area contributed by atoms with Gasteiger partial charge in [-0.3, -0.25) is 0 Å². The van der Waals surface area contributed by atoms with E-state index in [2.05, 4.69) is 23.8 Å². The third-order valence-electron chi connectivity index (χ3n) is 2.91. The number of rotatable bonds is 2. The Morgan fingerprint density at radius 1 is 0.929 bits per heavy atom. The highest BCUT2D eigenvalue weighted by Gasteiger charge is 2.38. The average Bonchev–Trinajstić information content (AvgIpc) is 2.12. The lowest BCUT2D eigenvalue weighted by Crippen LogP contribution is -2.33. The highest BCUT2D eigenvalue weighted by atomic mass is 16.1. The maximum atomic E-state index is 10.2. The fraction of sp³-hybridized carbons (Fsp3) is 0.800. The lowest BCUT2D eigenvalue weighted by molar-refractivity contribution is 0.172. The van der Waals surface area contributed by atoms with Gasteiger partial charge >= 0.3 is 0 Å². The van der Waals surface area contributed by atoms with Crippen LogP contribution < -0.4 is 0 Å². The molecule has 0 unspecified atom stereocenters. The van der Waals surface area contributed by atoms with Gasteiger partial charge in [0.05, 0.1) is 0 Å². The molecule has 4 nitrogen and oxygen atoms in total. The van der Waals surface area contributed by atoms with E-state index in [0.29, 0.717) is 12.8 Å². The maximum Gasteiger partial charge on any atom is 0.237 e. The molecule has 0 bridgehead atoms. The standard InChI is InChI=1S/C10H14N2O2/c1-9(2)3-5-10(6-4-9,11-7-13)12-8-14/h3-6H2,1-2H3. The predicted octanol–water partition coefficient (Wildman–Crippen LogP) is 1.95. The van der Waals surface area contributed by atoms with Crippen LogP contribution in [0.25, 0.3) is 0 Å². The zero-order chi connectivity index (χ0) is 10.7. The van der Waals surface area contributed by atoms with Gasteiger partial charge in [-0.15, -0.1) is 0 Å². The van der Waals surface area contributed by atoms with E-state index in [1.807, 2.05) is 0 Å². The second kappa shape index (κ2) is 3.87. The number of nitrogens with zero attached hydrogens (tertiary/aromatic N) is 2. The molecule has 0 aromatic carbocycles.